The number of fused-ring (bicyclic) bond motifs is 1. The van der Waals surface area contributed by atoms with Crippen molar-refractivity contribution in [3.05, 3.63) is 202 Å². The summed E-state index contributed by atoms with van der Waals surface area (Å²) in [7, 11) is 2.48. The SMILES string of the molecule is COc1ccc(CN2NN=C(c3c(-c4cccc5cc(C(=O)N(Cc6ccc(OC)cc6)Cc6ccc(OC)cc6)[nH]c45)ccc(C(F)(F)F)c3S(=O)(=O)N(Cc3ccc(OC)cc3)Cc3ccc(OC)cc3)N2)cc1. The fraction of sp³-hybridized carbons (Fsp3) is 0.193. The summed E-state index contributed by atoms with van der Waals surface area (Å²) in [6, 6.07) is 43.9. The van der Waals surface area contributed by atoms with Gasteiger partial charge in [-0.2, -0.15) is 17.5 Å². The van der Waals surface area contributed by atoms with Gasteiger partial charge < -0.3 is 33.6 Å². The number of carbonyl (C=O) groups is 1. The number of sulfonamides is 1. The molecular weight excluding hydrogens is 1000 g/mol. The van der Waals surface area contributed by atoms with Crippen LogP contribution in [-0.2, 0) is 48.9 Å². The lowest BCUT2D eigenvalue weighted by Crippen LogP contribution is -2.42. The molecule has 15 nitrogen and oxygen atoms in total. The van der Waals surface area contributed by atoms with E-state index in [1.165, 1.54) is 25.4 Å². The molecule has 2 heterocycles. The number of H-pyrrole nitrogens is 1. The van der Waals surface area contributed by atoms with Crippen molar-refractivity contribution < 1.29 is 50.1 Å². The molecule has 1 amide bonds. The first-order valence-electron chi connectivity index (χ1n) is 23.9. The second-order valence-corrected chi connectivity index (χ2v) is 19.6. The molecule has 0 radical (unpaired) electrons. The van der Waals surface area contributed by atoms with Gasteiger partial charge in [0.25, 0.3) is 5.91 Å². The molecule has 0 unspecified atom stereocenters. The largest absolute Gasteiger partial charge is 0.497 e. The van der Waals surface area contributed by atoms with E-state index in [0.717, 1.165) is 27.1 Å². The predicted octanol–water partition coefficient (Wildman–Crippen LogP) is 10.3. The average Bonchev–Trinajstić information content (AvgIpc) is 4.10. The Morgan fingerprint density at radius 2 is 1.03 bits per heavy atom. The number of amidine groups is 1. The maximum Gasteiger partial charge on any atom is 0.417 e. The number of nitrogens with one attached hydrogen (secondary N) is 3. The molecule has 0 aliphatic carbocycles. The van der Waals surface area contributed by atoms with Crippen LogP contribution in [0.1, 0.15) is 49.4 Å². The molecule has 76 heavy (non-hydrogen) atoms. The van der Waals surface area contributed by atoms with Crippen LogP contribution < -0.4 is 34.6 Å². The van der Waals surface area contributed by atoms with Crippen LogP contribution in [-0.4, -0.2) is 75.0 Å². The van der Waals surface area contributed by atoms with Crippen molar-refractivity contribution in [2.24, 2.45) is 5.10 Å². The highest BCUT2D eigenvalue weighted by molar-refractivity contribution is 7.89. The van der Waals surface area contributed by atoms with Gasteiger partial charge in [-0.25, -0.2) is 14.0 Å². The zero-order chi connectivity index (χ0) is 53.6. The molecule has 1 aromatic heterocycles. The number of amides is 1. The van der Waals surface area contributed by atoms with E-state index >= 15 is 21.6 Å². The van der Waals surface area contributed by atoms with Gasteiger partial charge in [0, 0.05) is 42.7 Å². The van der Waals surface area contributed by atoms with Gasteiger partial charge >= 0.3 is 6.18 Å². The van der Waals surface area contributed by atoms with E-state index in [1.807, 2.05) is 60.7 Å². The molecule has 0 saturated heterocycles. The van der Waals surface area contributed by atoms with Crippen LogP contribution in [0, 0.1) is 0 Å². The lowest BCUT2D eigenvalue weighted by molar-refractivity contribution is -0.139. The number of para-hydroxylation sites is 1. The number of hydrazone groups is 1. The number of benzene rings is 7. The van der Waals surface area contributed by atoms with Gasteiger partial charge in [-0.05, 0) is 106 Å². The van der Waals surface area contributed by atoms with Crippen molar-refractivity contribution in [3.8, 4) is 39.9 Å². The van der Waals surface area contributed by atoms with E-state index in [-0.39, 0.29) is 61.3 Å². The Hall–Kier alpha value is -8.52. The Labute approximate surface area is 438 Å². The van der Waals surface area contributed by atoms with Crippen molar-refractivity contribution in [2.45, 2.75) is 43.8 Å². The van der Waals surface area contributed by atoms with Crippen LogP contribution >= 0.6 is 0 Å². The lowest BCUT2D eigenvalue weighted by atomic mass is 9.95. The number of carbonyl (C=O) groups excluding carboxylic acids is 1. The second-order valence-electron chi connectivity index (χ2n) is 17.7. The highest BCUT2D eigenvalue weighted by atomic mass is 32.2. The van der Waals surface area contributed by atoms with E-state index in [0.29, 0.717) is 56.3 Å². The summed E-state index contributed by atoms with van der Waals surface area (Å²) < 4.78 is 107. The zero-order valence-corrected chi connectivity index (χ0v) is 43.0. The summed E-state index contributed by atoms with van der Waals surface area (Å²) in [6.07, 6.45) is -5.19. The Balaban J connectivity index is 1.20. The molecule has 0 atom stereocenters. The number of aromatic nitrogens is 1. The number of alkyl halides is 3. The summed E-state index contributed by atoms with van der Waals surface area (Å²) in [5.41, 5.74) is 8.42. The first-order chi connectivity index (χ1) is 36.7. The molecule has 0 bridgehead atoms. The van der Waals surface area contributed by atoms with Gasteiger partial charge in [-0.1, -0.05) is 84.9 Å². The number of halogens is 3. The quantitative estimate of drug-likeness (QED) is 0.0667. The van der Waals surface area contributed by atoms with Crippen LogP contribution in [0.25, 0.3) is 22.0 Å². The van der Waals surface area contributed by atoms with Crippen LogP contribution in [0.3, 0.4) is 0 Å². The molecule has 7 aromatic carbocycles. The molecule has 392 valence electrons. The monoisotopic (exact) mass is 1050 g/mol. The van der Waals surface area contributed by atoms with Gasteiger partial charge in [-0.15, -0.1) is 10.2 Å². The number of aromatic amines is 1. The first-order valence-corrected chi connectivity index (χ1v) is 25.3. The molecule has 0 fully saturated rings. The minimum atomic E-state index is -5.19. The third-order valence-electron chi connectivity index (χ3n) is 12.9. The highest BCUT2D eigenvalue weighted by Crippen LogP contribution is 2.43. The topological polar surface area (TPSA) is 159 Å². The van der Waals surface area contributed by atoms with Crippen LogP contribution in [0.15, 0.2) is 168 Å². The standard InChI is InChI=1S/C57H54F3N7O8S/c1-71-43-19-9-37(10-20-43)32-65(33-38-11-21-44(72-2)22-12-38)56(68)51-31-42-7-6-8-49(53(42)61-51)48-29-30-50(57(58,59)60)54(52(48)55-62-64-67(63-55)36-41-17-27-47(75-5)28-18-41)76(69,70)66(34-39-13-23-45(73-3)24-14-39)35-40-15-25-46(74-4)26-16-40/h6-31,61,64H,32-36H2,1-5H3,(H,62,63). The van der Waals surface area contributed by atoms with Crippen molar-refractivity contribution in [3.63, 3.8) is 0 Å². The molecular formula is C57H54F3N7O8S. The maximum absolute atomic E-state index is 15.8. The Morgan fingerprint density at radius 3 is 1.47 bits per heavy atom. The van der Waals surface area contributed by atoms with Gasteiger partial charge in [-0.3, -0.25) is 10.2 Å². The summed E-state index contributed by atoms with van der Waals surface area (Å²) in [4.78, 5) is 18.8. The van der Waals surface area contributed by atoms with E-state index in [9.17, 15) is 4.79 Å². The molecule has 1 aliphatic heterocycles. The predicted molar refractivity (Wildman–Crippen MR) is 282 cm³/mol. The Bertz CT molecular complexity index is 3370. The number of nitrogens with zero attached hydrogens (tertiary/aromatic N) is 4. The Kier molecular flexibility index (Phi) is 15.5. The summed E-state index contributed by atoms with van der Waals surface area (Å²) in [6.45, 7) is -0.118. The number of hydrazine groups is 2. The Morgan fingerprint density at radius 1 is 0.579 bits per heavy atom. The van der Waals surface area contributed by atoms with E-state index in [2.05, 4.69) is 21.0 Å². The number of ether oxygens (including phenoxy) is 5. The van der Waals surface area contributed by atoms with Crippen LogP contribution in [0.4, 0.5) is 13.2 Å². The zero-order valence-electron chi connectivity index (χ0n) is 42.1. The molecule has 0 saturated carbocycles. The fourth-order valence-corrected chi connectivity index (χ4v) is 10.7. The number of rotatable bonds is 20. The molecule has 9 rings (SSSR count). The summed E-state index contributed by atoms with van der Waals surface area (Å²) >= 11 is 0. The van der Waals surface area contributed by atoms with Crippen LogP contribution in [0.2, 0.25) is 0 Å². The second kappa shape index (κ2) is 22.5. The molecule has 0 spiro atoms. The van der Waals surface area contributed by atoms with Crippen molar-refractivity contribution in [1.29, 1.82) is 0 Å². The number of hydrogen-bond donors (Lipinski definition) is 3. The molecule has 19 heteroatoms. The normalized spacial score (nSPS) is 12.7. The third kappa shape index (κ3) is 11.6. The van der Waals surface area contributed by atoms with Gasteiger partial charge in [0.2, 0.25) is 10.0 Å². The minimum absolute atomic E-state index is 0.0690. The van der Waals surface area contributed by atoms with Gasteiger partial charge in [0.15, 0.2) is 5.84 Å². The van der Waals surface area contributed by atoms with E-state index in [4.69, 9.17) is 23.7 Å². The lowest BCUT2D eigenvalue weighted by Gasteiger charge is -2.27. The van der Waals surface area contributed by atoms with Gasteiger partial charge in [0.1, 0.15) is 39.3 Å². The first kappa shape index (κ1) is 52.3. The van der Waals surface area contributed by atoms with Crippen molar-refractivity contribution in [1.82, 2.24) is 30.3 Å². The fourth-order valence-electron chi connectivity index (χ4n) is 8.91. The van der Waals surface area contributed by atoms with Crippen LogP contribution in [0.5, 0.6) is 28.7 Å². The molecule has 8 aromatic rings. The summed E-state index contributed by atoms with van der Waals surface area (Å²) in [5, 5.41) is 6.46. The van der Waals surface area contributed by atoms with Crippen molar-refractivity contribution >= 4 is 32.7 Å². The number of hydrogen-bond acceptors (Lipinski definition) is 12. The molecule has 3 N–H and O–H groups in total. The molecule has 1 aliphatic rings. The summed E-state index contributed by atoms with van der Waals surface area (Å²) in [5.74, 6) is 2.34. The third-order valence-corrected chi connectivity index (χ3v) is 14.8. The minimum Gasteiger partial charge on any atom is -0.497 e. The highest BCUT2D eigenvalue weighted by Gasteiger charge is 2.44. The van der Waals surface area contributed by atoms with Gasteiger partial charge in [0.05, 0.1) is 53.2 Å². The number of methoxy groups -OCH3 is 5. The average molecular weight is 1050 g/mol. The van der Waals surface area contributed by atoms with E-state index in [1.54, 1.807) is 111 Å². The van der Waals surface area contributed by atoms with Crippen molar-refractivity contribution in [2.75, 3.05) is 35.5 Å². The van der Waals surface area contributed by atoms with E-state index < -0.39 is 26.7 Å². The smallest absolute Gasteiger partial charge is 0.417 e. The maximum atomic E-state index is 15.8.